The maximum Gasteiger partial charge on any atom is 0.337 e. The van der Waals surface area contributed by atoms with Gasteiger partial charge in [-0.05, 0) is 12.1 Å². The van der Waals surface area contributed by atoms with Crippen molar-refractivity contribution in [3.05, 3.63) is 29.6 Å². The van der Waals surface area contributed by atoms with E-state index in [9.17, 15) is 20.1 Å². The van der Waals surface area contributed by atoms with Gasteiger partial charge in [-0.3, -0.25) is 0 Å². The summed E-state index contributed by atoms with van der Waals surface area (Å²) in [5, 5.41) is 28.0. The topological polar surface area (TPSA) is 95.6 Å². The van der Waals surface area contributed by atoms with E-state index in [0.717, 1.165) is 0 Å². The lowest BCUT2D eigenvalue weighted by molar-refractivity contribution is 0.0697. The van der Waals surface area contributed by atoms with Crippen molar-refractivity contribution in [3.8, 4) is 0 Å². The van der Waals surface area contributed by atoms with Crippen molar-refractivity contribution in [1.82, 2.24) is 9.55 Å². The lowest BCUT2D eigenvalue weighted by Crippen LogP contribution is -2.20. The molecule has 2 aromatic rings. The third-order valence-corrected chi connectivity index (χ3v) is 3.12. The van der Waals surface area contributed by atoms with Crippen LogP contribution in [0.25, 0.3) is 11.0 Å². The van der Waals surface area contributed by atoms with Gasteiger partial charge in [-0.1, -0.05) is 13.0 Å². The summed E-state index contributed by atoms with van der Waals surface area (Å²) in [4.78, 5) is 15.7. The second-order valence-corrected chi connectivity index (χ2v) is 4.25. The van der Waals surface area contributed by atoms with E-state index in [0.29, 0.717) is 23.3 Å². The molecule has 0 aliphatic heterocycles. The molecule has 0 saturated heterocycles. The molecule has 19 heavy (non-hydrogen) atoms. The Bertz CT molecular complexity index is 602. The van der Waals surface area contributed by atoms with E-state index in [4.69, 9.17) is 0 Å². The smallest absolute Gasteiger partial charge is 0.337 e. The van der Waals surface area contributed by atoms with Gasteiger partial charge >= 0.3 is 5.97 Å². The summed E-state index contributed by atoms with van der Waals surface area (Å²) in [6.07, 6.45) is 0.588. The number of aromatic nitrogens is 2. The van der Waals surface area contributed by atoms with Crippen molar-refractivity contribution in [2.45, 2.75) is 19.4 Å². The Balaban J connectivity index is 2.80. The number of fused-ring (bicyclic) bond motifs is 1. The second kappa shape index (κ2) is 5.38. The van der Waals surface area contributed by atoms with E-state index < -0.39 is 12.0 Å². The van der Waals surface area contributed by atoms with Gasteiger partial charge in [0.2, 0.25) is 0 Å². The lowest BCUT2D eigenvalue weighted by atomic mass is 10.1. The highest BCUT2D eigenvalue weighted by Crippen LogP contribution is 2.25. The monoisotopic (exact) mass is 264 g/mol. The number of carbonyl (C=O) groups is 1. The first-order valence-electron chi connectivity index (χ1n) is 6.08. The van der Waals surface area contributed by atoms with Crippen molar-refractivity contribution in [2.24, 2.45) is 0 Å². The number of benzene rings is 1. The first-order chi connectivity index (χ1) is 9.13. The van der Waals surface area contributed by atoms with Crippen molar-refractivity contribution >= 4 is 17.0 Å². The molecule has 0 spiro atoms. The predicted octanol–water partition coefficient (Wildman–Crippen LogP) is 0.823. The van der Waals surface area contributed by atoms with Crippen LogP contribution in [0.5, 0.6) is 0 Å². The summed E-state index contributed by atoms with van der Waals surface area (Å²) in [7, 11) is 0. The number of hydrogen-bond acceptors (Lipinski definition) is 4. The number of imidazole rings is 1. The molecule has 102 valence electrons. The van der Waals surface area contributed by atoms with Crippen LogP contribution in [-0.2, 0) is 6.42 Å². The molecule has 2 rings (SSSR count). The molecule has 3 N–H and O–H groups in total. The molecule has 6 heteroatoms. The maximum atomic E-state index is 11.3. The summed E-state index contributed by atoms with van der Waals surface area (Å²) in [6.45, 7) is 1.34. The average Bonchev–Trinajstić information content (AvgIpc) is 2.79. The quantitative estimate of drug-likeness (QED) is 0.743. The Kier molecular flexibility index (Phi) is 3.82. The predicted molar refractivity (Wildman–Crippen MR) is 69.3 cm³/mol. The van der Waals surface area contributed by atoms with Crippen molar-refractivity contribution < 1.29 is 20.1 Å². The molecular formula is C13H16N2O4. The van der Waals surface area contributed by atoms with E-state index in [-0.39, 0.29) is 18.8 Å². The molecule has 0 atom stereocenters. The third kappa shape index (κ3) is 2.20. The minimum atomic E-state index is -1.05. The largest absolute Gasteiger partial charge is 0.478 e. The first kappa shape index (κ1) is 13.5. The number of aliphatic hydroxyl groups is 2. The van der Waals surface area contributed by atoms with Crippen LogP contribution in [0.1, 0.15) is 29.1 Å². The Morgan fingerprint density at radius 1 is 1.37 bits per heavy atom. The highest BCUT2D eigenvalue weighted by molar-refractivity contribution is 6.01. The lowest BCUT2D eigenvalue weighted by Gasteiger charge is -2.17. The molecule has 0 radical (unpaired) electrons. The third-order valence-electron chi connectivity index (χ3n) is 3.12. The van der Waals surface area contributed by atoms with Gasteiger partial charge in [-0.15, -0.1) is 0 Å². The van der Waals surface area contributed by atoms with Crippen molar-refractivity contribution in [2.75, 3.05) is 13.2 Å². The number of hydrogen-bond donors (Lipinski definition) is 3. The number of rotatable bonds is 5. The van der Waals surface area contributed by atoms with Crippen LogP contribution < -0.4 is 0 Å². The SMILES string of the molecule is CCc1nc2cccc(C(=O)O)c2n1C(CO)CO. The Morgan fingerprint density at radius 3 is 2.58 bits per heavy atom. The molecule has 6 nitrogen and oxygen atoms in total. The van der Waals surface area contributed by atoms with Crippen LogP contribution in [0.3, 0.4) is 0 Å². The maximum absolute atomic E-state index is 11.3. The molecular weight excluding hydrogens is 248 g/mol. The number of nitrogens with zero attached hydrogens (tertiary/aromatic N) is 2. The van der Waals surface area contributed by atoms with Gasteiger partial charge in [0.15, 0.2) is 0 Å². The number of aliphatic hydroxyl groups excluding tert-OH is 2. The summed E-state index contributed by atoms with van der Waals surface area (Å²) in [6, 6.07) is 4.27. The normalized spacial score (nSPS) is 11.4. The molecule has 0 aliphatic carbocycles. The van der Waals surface area contributed by atoms with Gasteiger partial charge in [0.25, 0.3) is 0 Å². The summed E-state index contributed by atoms with van der Waals surface area (Å²) in [5.41, 5.74) is 1.13. The zero-order chi connectivity index (χ0) is 14.0. The zero-order valence-electron chi connectivity index (χ0n) is 10.6. The molecule has 0 fully saturated rings. The summed E-state index contributed by atoms with van der Waals surface area (Å²) >= 11 is 0. The minimum Gasteiger partial charge on any atom is -0.478 e. The average molecular weight is 264 g/mol. The van der Waals surface area contributed by atoms with Gasteiger partial charge in [-0.2, -0.15) is 0 Å². The van der Waals surface area contributed by atoms with E-state index in [1.807, 2.05) is 6.92 Å². The number of carboxylic acids is 1. The molecule has 0 aliphatic rings. The molecule has 1 heterocycles. The van der Waals surface area contributed by atoms with E-state index in [2.05, 4.69) is 4.98 Å². The zero-order valence-corrected chi connectivity index (χ0v) is 10.6. The Labute approximate surface area is 109 Å². The van der Waals surface area contributed by atoms with Crippen LogP contribution >= 0.6 is 0 Å². The van der Waals surface area contributed by atoms with Gasteiger partial charge in [0, 0.05) is 6.42 Å². The number of aromatic carboxylic acids is 1. The fourth-order valence-electron chi connectivity index (χ4n) is 2.23. The number of carboxylic acid groups (broad SMARTS) is 1. The van der Waals surface area contributed by atoms with Gasteiger partial charge in [0.1, 0.15) is 5.82 Å². The molecule has 0 saturated carbocycles. The Hall–Kier alpha value is -1.92. The standard InChI is InChI=1S/C13H16N2O4/c1-2-11-14-10-5-3-4-9(13(18)19)12(10)15(11)8(6-16)7-17/h3-5,8,16-17H,2,6-7H2,1H3,(H,18,19). The highest BCUT2D eigenvalue weighted by Gasteiger charge is 2.21. The molecule has 0 unspecified atom stereocenters. The molecule has 1 aromatic heterocycles. The summed E-state index contributed by atoms with van der Waals surface area (Å²) < 4.78 is 1.62. The van der Waals surface area contributed by atoms with E-state index in [1.54, 1.807) is 16.7 Å². The fourth-order valence-corrected chi connectivity index (χ4v) is 2.23. The Morgan fingerprint density at radius 2 is 2.05 bits per heavy atom. The van der Waals surface area contributed by atoms with Crippen LogP contribution in [0.4, 0.5) is 0 Å². The van der Waals surface area contributed by atoms with E-state index >= 15 is 0 Å². The second-order valence-electron chi connectivity index (χ2n) is 4.25. The summed E-state index contributed by atoms with van der Waals surface area (Å²) in [5.74, 6) is -0.402. The molecule has 0 bridgehead atoms. The first-order valence-corrected chi connectivity index (χ1v) is 6.08. The fraction of sp³-hybridized carbons (Fsp3) is 0.385. The highest BCUT2D eigenvalue weighted by atomic mass is 16.4. The van der Waals surface area contributed by atoms with Crippen LogP contribution in [0.2, 0.25) is 0 Å². The van der Waals surface area contributed by atoms with Crippen molar-refractivity contribution in [1.29, 1.82) is 0 Å². The number of aryl methyl sites for hydroxylation is 1. The van der Waals surface area contributed by atoms with Gasteiger partial charge in [-0.25, -0.2) is 9.78 Å². The molecule has 1 aromatic carbocycles. The number of para-hydroxylation sites is 1. The van der Waals surface area contributed by atoms with E-state index in [1.165, 1.54) is 6.07 Å². The van der Waals surface area contributed by atoms with Crippen molar-refractivity contribution in [3.63, 3.8) is 0 Å². The van der Waals surface area contributed by atoms with Crippen LogP contribution in [0, 0.1) is 0 Å². The minimum absolute atomic E-state index is 0.122. The van der Waals surface area contributed by atoms with Gasteiger partial charge < -0.3 is 19.9 Å². The van der Waals surface area contributed by atoms with Crippen LogP contribution in [-0.4, -0.2) is 44.1 Å². The van der Waals surface area contributed by atoms with Gasteiger partial charge in [0.05, 0.1) is 35.9 Å². The van der Waals surface area contributed by atoms with Crippen LogP contribution in [0.15, 0.2) is 18.2 Å². The molecule has 0 amide bonds.